The molecule has 2 rings (SSSR count). The number of piperidine rings is 1. The molecule has 0 saturated carbocycles. The summed E-state index contributed by atoms with van der Waals surface area (Å²) in [5.41, 5.74) is 2.22. The first-order chi connectivity index (χ1) is 10.0. The lowest BCUT2D eigenvalue weighted by molar-refractivity contribution is -0.137. The average molecular weight is 285 g/mol. The summed E-state index contributed by atoms with van der Waals surface area (Å²) in [6.07, 6.45) is 1.58. The standard InChI is InChI=1S/C17H23N3O/c1-13-4-6-15(7-5-13)16(19(2)3)17(21)20-10-8-14(12-18)9-11-20/h4-7,14,16H,8-11H2,1-3H3/t16-/m0/s1. The van der Waals surface area contributed by atoms with Crippen LogP contribution >= 0.6 is 0 Å². The first-order valence-electron chi connectivity index (χ1n) is 7.44. The third-order valence-electron chi connectivity index (χ3n) is 4.13. The van der Waals surface area contributed by atoms with Crippen molar-refractivity contribution < 1.29 is 4.79 Å². The Bertz CT molecular complexity index is 522. The lowest BCUT2D eigenvalue weighted by Gasteiger charge is -2.34. The highest BCUT2D eigenvalue weighted by Gasteiger charge is 2.30. The van der Waals surface area contributed by atoms with Gasteiger partial charge in [-0.3, -0.25) is 9.69 Å². The van der Waals surface area contributed by atoms with Gasteiger partial charge in [-0.2, -0.15) is 5.26 Å². The van der Waals surface area contributed by atoms with Gasteiger partial charge >= 0.3 is 0 Å². The van der Waals surface area contributed by atoms with Crippen LogP contribution in [0.5, 0.6) is 0 Å². The van der Waals surface area contributed by atoms with Crippen LogP contribution in [0.15, 0.2) is 24.3 Å². The first-order valence-corrected chi connectivity index (χ1v) is 7.44. The molecule has 1 heterocycles. The van der Waals surface area contributed by atoms with Crippen molar-refractivity contribution in [1.29, 1.82) is 5.26 Å². The molecule has 1 aliphatic rings. The Kier molecular flexibility index (Phi) is 4.98. The summed E-state index contributed by atoms with van der Waals surface area (Å²) < 4.78 is 0. The minimum absolute atomic E-state index is 0.103. The summed E-state index contributed by atoms with van der Waals surface area (Å²) in [5.74, 6) is 0.242. The molecular weight excluding hydrogens is 262 g/mol. The van der Waals surface area contributed by atoms with Crippen molar-refractivity contribution in [3.05, 3.63) is 35.4 Å². The zero-order chi connectivity index (χ0) is 15.4. The van der Waals surface area contributed by atoms with Crippen molar-refractivity contribution >= 4 is 5.91 Å². The Morgan fingerprint density at radius 1 is 1.29 bits per heavy atom. The molecule has 1 aromatic carbocycles. The first kappa shape index (κ1) is 15.5. The molecule has 1 fully saturated rings. The molecule has 1 amide bonds. The Morgan fingerprint density at radius 3 is 2.33 bits per heavy atom. The summed E-state index contributed by atoms with van der Waals surface area (Å²) >= 11 is 0. The lowest BCUT2D eigenvalue weighted by Crippen LogP contribution is -2.44. The van der Waals surface area contributed by atoms with Gasteiger partial charge in [-0.1, -0.05) is 29.8 Å². The van der Waals surface area contributed by atoms with Crippen LogP contribution in [0.2, 0.25) is 0 Å². The third kappa shape index (κ3) is 3.62. The highest BCUT2D eigenvalue weighted by molar-refractivity contribution is 5.83. The van der Waals surface area contributed by atoms with Crippen LogP contribution in [0.3, 0.4) is 0 Å². The smallest absolute Gasteiger partial charge is 0.244 e. The zero-order valence-corrected chi connectivity index (χ0v) is 13.0. The maximum Gasteiger partial charge on any atom is 0.244 e. The van der Waals surface area contributed by atoms with Crippen molar-refractivity contribution in [3.8, 4) is 6.07 Å². The summed E-state index contributed by atoms with van der Waals surface area (Å²) in [7, 11) is 3.87. The van der Waals surface area contributed by atoms with Gasteiger partial charge in [-0.05, 0) is 39.4 Å². The van der Waals surface area contributed by atoms with E-state index >= 15 is 0 Å². The summed E-state index contributed by atoms with van der Waals surface area (Å²) in [4.78, 5) is 16.7. The Balaban J connectivity index is 2.13. The fourth-order valence-electron chi connectivity index (χ4n) is 2.81. The molecule has 0 spiro atoms. The number of benzene rings is 1. The maximum absolute atomic E-state index is 12.8. The van der Waals surface area contributed by atoms with E-state index in [0.29, 0.717) is 13.1 Å². The minimum Gasteiger partial charge on any atom is -0.341 e. The van der Waals surface area contributed by atoms with Crippen molar-refractivity contribution in [2.45, 2.75) is 25.8 Å². The monoisotopic (exact) mass is 285 g/mol. The van der Waals surface area contributed by atoms with Gasteiger partial charge in [-0.15, -0.1) is 0 Å². The molecule has 0 radical (unpaired) electrons. The third-order valence-corrected chi connectivity index (χ3v) is 4.13. The normalized spacial score (nSPS) is 17.6. The van der Waals surface area contributed by atoms with E-state index < -0.39 is 0 Å². The van der Waals surface area contributed by atoms with E-state index in [9.17, 15) is 4.79 Å². The summed E-state index contributed by atoms with van der Waals surface area (Å²) in [6.45, 7) is 3.42. The second-order valence-electron chi connectivity index (χ2n) is 6.01. The molecule has 21 heavy (non-hydrogen) atoms. The highest BCUT2D eigenvalue weighted by Crippen LogP contribution is 2.24. The molecule has 1 atom stereocenters. The number of likely N-dealkylation sites (N-methyl/N-ethyl adjacent to an activating group) is 1. The van der Waals surface area contributed by atoms with Crippen LogP contribution in [-0.4, -0.2) is 42.9 Å². The number of likely N-dealkylation sites (tertiary alicyclic amines) is 1. The number of aryl methyl sites for hydroxylation is 1. The zero-order valence-electron chi connectivity index (χ0n) is 13.0. The van der Waals surface area contributed by atoms with Crippen LogP contribution in [0, 0.1) is 24.2 Å². The van der Waals surface area contributed by atoms with E-state index in [1.54, 1.807) is 0 Å². The topological polar surface area (TPSA) is 47.3 Å². The number of hydrogen-bond donors (Lipinski definition) is 0. The van der Waals surface area contributed by atoms with Gasteiger partial charge in [0.15, 0.2) is 0 Å². The summed E-state index contributed by atoms with van der Waals surface area (Å²) in [6, 6.07) is 10.2. The van der Waals surface area contributed by atoms with Crippen molar-refractivity contribution in [2.75, 3.05) is 27.2 Å². The maximum atomic E-state index is 12.8. The van der Waals surface area contributed by atoms with Crippen LogP contribution in [0.4, 0.5) is 0 Å². The predicted molar refractivity (Wildman–Crippen MR) is 82.5 cm³/mol. The molecule has 0 N–H and O–H groups in total. The van der Waals surface area contributed by atoms with Crippen LogP contribution in [0.1, 0.15) is 30.0 Å². The molecule has 0 unspecified atom stereocenters. The van der Waals surface area contributed by atoms with E-state index in [4.69, 9.17) is 5.26 Å². The van der Waals surface area contributed by atoms with Gasteiger partial charge in [0.1, 0.15) is 6.04 Å². The molecular formula is C17H23N3O. The molecule has 112 valence electrons. The van der Waals surface area contributed by atoms with Crippen molar-refractivity contribution in [2.24, 2.45) is 5.92 Å². The Labute approximate surface area is 127 Å². The van der Waals surface area contributed by atoms with Gasteiger partial charge < -0.3 is 4.90 Å². The molecule has 0 aliphatic carbocycles. The van der Waals surface area contributed by atoms with Gasteiger partial charge in [0.05, 0.1) is 6.07 Å². The molecule has 4 nitrogen and oxygen atoms in total. The van der Waals surface area contributed by atoms with E-state index in [2.05, 4.69) is 6.07 Å². The van der Waals surface area contributed by atoms with Crippen LogP contribution in [-0.2, 0) is 4.79 Å². The molecule has 1 aliphatic heterocycles. The van der Waals surface area contributed by atoms with Crippen molar-refractivity contribution in [1.82, 2.24) is 9.80 Å². The second-order valence-corrected chi connectivity index (χ2v) is 6.01. The van der Waals surface area contributed by atoms with E-state index in [-0.39, 0.29) is 17.9 Å². The van der Waals surface area contributed by atoms with Crippen LogP contribution in [0.25, 0.3) is 0 Å². The molecule has 0 aromatic heterocycles. The van der Waals surface area contributed by atoms with Gasteiger partial charge in [-0.25, -0.2) is 0 Å². The number of carbonyl (C=O) groups is 1. The molecule has 4 heteroatoms. The average Bonchev–Trinajstić information content (AvgIpc) is 2.49. The SMILES string of the molecule is Cc1ccc([C@@H](C(=O)N2CCC(C#N)CC2)N(C)C)cc1. The number of nitrogens with zero attached hydrogens (tertiary/aromatic N) is 3. The van der Waals surface area contributed by atoms with Gasteiger partial charge in [0.2, 0.25) is 5.91 Å². The highest BCUT2D eigenvalue weighted by atomic mass is 16.2. The molecule has 1 saturated heterocycles. The van der Waals surface area contributed by atoms with Gasteiger partial charge in [0, 0.05) is 19.0 Å². The van der Waals surface area contributed by atoms with Crippen LogP contribution < -0.4 is 0 Å². The molecule has 0 bridgehead atoms. The Morgan fingerprint density at radius 2 is 1.86 bits per heavy atom. The van der Waals surface area contributed by atoms with E-state index in [1.807, 2.05) is 55.1 Å². The number of hydrogen-bond acceptors (Lipinski definition) is 3. The quantitative estimate of drug-likeness (QED) is 0.856. The van der Waals surface area contributed by atoms with Crippen molar-refractivity contribution in [3.63, 3.8) is 0 Å². The second kappa shape index (κ2) is 6.73. The minimum atomic E-state index is -0.246. The predicted octanol–water partition coefficient (Wildman–Crippen LogP) is 2.36. The number of nitriles is 1. The largest absolute Gasteiger partial charge is 0.341 e. The Hall–Kier alpha value is -1.86. The fourth-order valence-corrected chi connectivity index (χ4v) is 2.81. The number of amides is 1. The fraction of sp³-hybridized carbons (Fsp3) is 0.529. The lowest BCUT2D eigenvalue weighted by atomic mass is 9.96. The molecule has 1 aromatic rings. The summed E-state index contributed by atoms with van der Waals surface area (Å²) in [5, 5.41) is 8.96. The number of carbonyl (C=O) groups excluding carboxylic acids is 1. The van der Waals surface area contributed by atoms with Gasteiger partial charge in [0.25, 0.3) is 0 Å². The van der Waals surface area contributed by atoms with E-state index in [0.717, 1.165) is 18.4 Å². The number of rotatable bonds is 3. The van der Waals surface area contributed by atoms with E-state index in [1.165, 1.54) is 5.56 Å².